The zero-order chi connectivity index (χ0) is 21.2. The van der Waals surface area contributed by atoms with Crippen molar-refractivity contribution in [3.8, 4) is 0 Å². The van der Waals surface area contributed by atoms with E-state index >= 15 is 0 Å². The van der Waals surface area contributed by atoms with Gasteiger partial charge < -0.3 is 26.0 Å². The number of aliphatic imine (C=N–C) groups is 1. The van der Waals surface area contributed by atoms with E-state index in [0.717, 1.165) is 5.56 Å². The summed E-state index contributed by atoms with van der Waals surface area (Å²) >= 11 is 6.05. The van der Waals surface area contributed by atoms with Crippen LogP contribution in [0.3, 0.4) is 0 Å². The second kappa shape index (κ2) is 13.5. The summed E-state index contributed by atoms with van der Waals surface area (Å²) in [4.78, 5) is 27.7. The molecule has 0 saturated heterocycles. The Morgan fingerprint density at radius 2 is 1.72 bits per heavy atom. The second-order valence-electron chi connectivity index (χ2n) is 7.07. The molecule has 164 valence electrons. The van der Waals surface area contributed by atoms with Crippen LogP contribution in [0.1, 0.15) is 32.8 Å². The smallest absolute Gasteiger partial charge is 0.407 e. The van der Waals surface area contributed by atoms with Crippen LogP contribution in [0.25, 0.3) is 0 Å². The molecule has 0 aliphatic carbocycles. The van der Waals surface area contributed by atoms with Gasteiger partial charge in [-0.1, -0.05) is 17.7 Å². The maximum Gasteiger partial charge on any atom is 0.407 e. The fourth-order valence-electron chi connectivity index (χ4n) is 2.13. The van der Waals surface area contributed by atoms with Gasteiger partial charge >= 0.3 is 6.09 Å². The molecule has 29 heavy (non-hydrogen) atoms. The summed E-state index contributed by atoms with van der Waals surface area (Å²) in [5.41, 5.74) is 1.01. The summed E-state index contributed by atoms with van der Waals surface area (Å²) in [7, 11) is 1.63. The minimum absolute atomic E-state index is 0. The SMILES string of the molecule is CN=C(NCCNC(=O)OC(C)(C)C)NCCC(=O)Nc1cccc(Cl)c1C.I. The molecule has 0 saturated carbocycles. The highest BCUT2D eigenvalue weighted by molar-refractivity contribution is 14.0. The number of amides is 2. The maximum atomic E-state index is 12.1. The van der Waals surface area contributed by atoms with E-state index in [2.05, 4.69) is 26.3 Å². The van der Waals surface area contributed by atoms with E-state index < -0.39 is 11.7 Å². The number of halogens is 2. The molecule has 1 aromatic rings. The van der Waals surface area contributed by atoms with Gasteiger partial charge in [0.05, 0.1) is 0 Å². The molecule has 0 aromatic heterocycles. The summed E-state index contributed by atoms with van der Waals surface area (Å²) in [6.07, 6.45) is -0.201. The molecule has 0 fully saturated rings. The van der Waals surface area contributed by atoms with E-state index in [4.69, 9.17) is 16.3 Å². The lowest BCUT2D eigenvalue weighted by atomic mass is 10.2. The largest absolute Gasteiger partial charge is 0.444 e. The predicted octanol–water partition coefficient (Wildman–Crippen LogP) is 3.28. The van der Waals surface area contributed by atoms with Crippen molar-refractivity contribution in [1.82, 2.24) is 16.0 Å². The molecule has 1 aromatic carbocycles. The van der Waals surface area contributed by atoms with Crippen molar-refractivity contribution < 1.29 is 14.3 Å². The lowest BCUT2D eigenvalue weighted by Crippen LogP contribution is -2.43. The number of guanidine groups is 1. The van der Waals surface area contributed by atoms with E-state index in [-0.39, 0.29) is 36.3 Å². The monoisotopic (exact) mass is 539 g/mol. The van der Waals surface area contributed by atoms with Gasteiger partial charge in [-0.25, -0.2) is 4.79 Å². The number of ether oxygens (including phenoxy) is 1. The maximum absolute atomic E-state index is 12.1. The van der Waals surface area contributed by atoms with Crippen molar-refractivity contribution in [2.24, 2.45) is 4.99 Å². The molecule has 10 heteroatoms. The molecule has 0 bridgehead atoms. The molecular weight excluding hydrogens is 509 g/mol. The van der Waals surface area contributed by atoms with Crippen molar-refractivity contribution >= 4 is 59.2 Å². The topological polar surface area (TPSA) is 104 Å². The molecule has 0 aliphatic rings. The van der Waals surface area contributed by atoms with E-state index in [1.165, 1.54) is 0 Å². The van der Waals surface area contributed by atoms with Crippen molar-refractivity contribution in [2.45, 2.75) is 39.7 Å². The predicted molar refractivity (Wildman–Crippen MR) is 128 cm³/mol. The minimum atomic E-state index is -0.528. The van der Waals surface area contributed by atoms with Gasteiger partial charge in [-0.05, 0) is 45.4 Å². The fraction of sp³-hybridized carbons (Fsp3) is 0.526. The number of benzene rings is 1. The van der Waals surface area contributed by atoms with Gasteiger partial charge in [0.1, 0.15) is 5.60 Å². The highest BCUT2D eigenvalue weighted by Gasteiger charge is 2.15. The number of carbonyl (C=O) groups is 2. The number of rotatable bonds is 7. The van der Waals surface area contributed by atoms with E-state index in [0.29, 0.717) is 36.3 Å². The van der Waals surface area contributed by atoms with E-state index in [9.17, 15) is 9.59 Å². The molecule has 0 spiro atoms. The molecular formula is C19H31ClIN5O3. The number of hydrogen-bond donors (Lipinski definition) is 4. The van der Waals surface area contributed by atoms with Gasteiger partial charge in [0.2, 0.25) is 5.91 Å². The first-order valence-corrected chi connectivity index (χ1v) is 9.46. The zero-order valence-corrected chi connectivity index (χ0v) is 20.6. The number of alkyl carbamates (subject to hydrolysis) is 1. The van der Waals surface area contributed by atoms with Crippen molar-refractivity contribution in [1.29, 1.82) is 0 Å². The quantitative estimate of drug-likeness (QED) is 0.184. The number of anilines is 1. The molecule has 8 nitrogen and oxygen atoms in total. The summed E-state index contributed by atoms with van der Waals surface area (Å²) in [5.74, 6) is 0.414. The molecule has 0 unspecified atom stereocenters. The highest BCUT2D eigenvalue weighted by atomic mass is 127. The Hall–Kier alpha value is -1.75. The molecule has 0 heterocycles. The highest BCUT2D eigenvalue weighted by Crippen LogP contribution is 2.22. The average Bonchev–Trinajstić information content (AvgIpc) is 2.59. The Morgan fingerprint density at radius 3 is 2.34 bits per heavy atom. The Balaban J connectivity index is 0.00000784. The molecule has 4 N–H and O–H groups in total. The van der Waals surface area contributed by atoms with Crippen LogP contribution in [-0.2, 0) is 9.53 Å². The van der Waals surface area contributed by atoms with Crippen LogP contribution in [0.4, 0.5) is 10.5 Å². The number of nitrogens with zero attached hydrogens (tertiary/aromatic N) is 1. The number of hydrogen-bond acceptors (Lipinski definition) is 4. The minimum Gasteiger partial charge on any atom is -0.444 e. The first-order chi connectivity index (χ1) is 13.1. The average molecular weight is 540 g/mol. The Labute approximate surface area is 194 Å². The summed E-state index contributed by atoms with van der Waals surface area (Å²) in [5, 5.41) is 12.2. The molecule has 0 atom stereocenters. The van der Waals surface area contributed by atoms with Crippen molar-refractivity contribution in [3.05, 3.63) is 28.8 Å². The fourth-order valence-corrected chi connectivity index (χ4v) is 2.30. The first kappa shape index (κ1) is 27.2. The van der Waals surface area contributed by atoms with Crippen molar-refractivity contribution in [3.63, 3.8) is 0 Å². The van der Waals surface area contributed by atoms with Crippen LogP contribution in [0.15, 0.2) is 23.2 Å². The normalized spacial score (nSPS) is 11.2. The number of nitrogens with one attached hydrogen (secondary N) is 4. The summed E-state index contributed by atoms with van der Waals surface area (Å²) in [6.45, 7) is 8.52. The third-order valence-corrected chi connectivity index (χ3v) is 3.91. The zero-order valence-electron chi connectivity index (χ0n) is 17.5. The van der Waals surface area contributed by atoms with Crippen LogP contribution in [-0.4, -0.2) is 50.2 Å². The Kier molecular flexibility index (Phi) is 12.7. The van der Waals surface area contributed by atoms with Gasteiger partial charge in [-0.15, -0.1) is 24.0 Å². The summed E-state index contributed by atoms with van der Waals surface area (Å²) in [6, 6.07) is 5.38. The second-order valence-corrected chi connectivity index (χ2v) is 7.47. The van der Waals surface area contributed by atoms with Gasteiger partial charge in [0, 0.05) is 43.8 Å². The molecule has 0 aliphatic heterocycles. The lowest BCUT2D eigenvalue weighted by Gasteiger charge is -2.19. The van der Waals surface area contributed by atoms with Crippen LogP contribution in [0, 0.1) is 6.92 Å². The van der Waals surface area contributed by atoms with Crippen LogP contribution >= 0.6 is 35.6 Å². The van der Waals surface area contributed by atoms with Crippen LogP contribution in [0.2, 0.25) is 5.02 Å². The Bertz CT molecular complexity index is 708. The third kappa shape index (κ3) is 11.7. The van der Waals surface area contributed by atoms with E-state index in [1.807, 2.05) is 13.0 Å². The number of carbonyl (C=O) groups excluding carboxylic acids is 2. The Morgan fingerprint density at radius 1 is 1.10 bits per heavy atom. The lowest BCUT2D eigenvalue weighted by molar-refractivity contribution is -0.116. The third-order valence-electron chi connectivity index (χ3n) is 3.50. The van der Waals surface area contributed by atoms with Crippen LogP contribution in [0.5, 0.6) is 0 Å². The van der Waals surface area contributed by atoms with Gasteiger partial charge in [-0.3, -0.25) is 9.79 Å². The molecule has 1 rings (SSSR count). The summed E-state index contributed by atoms with van der Waals surface area (Å²) < 4.78 is 5.15. The van der Waals surface area contributed by atoms with Crippen LogP contribution < -0.4 is 21.3 Å². The molecule has 2 amide bonds. The first-order valence-electron chi connectivity index (χ1n) is 9.08. The van der Waals surface area contributed by atoms with Gasteiger partial charge in [0.25, 0.3) is 0 Å². The standard InChI is InChI=1S/C19H30ClN5O3.HI/c1-13-14(20)7-6-8-15(13)25-16(26)9-10-22-17(21-5)23-11-12-24-18(27)28-19(2,3)4;/h6-8H,9-12H2,1-5H3,(H,24,27)(H,25,26)(H2,21,22,23);1H. The molecule has 0 radical (unpaired) electrons. The van der Waals surface area contributed by atoms with Gasteiger partial charge in [0.15, 0.2) is 5.96 Å². The van der Waals surface area contributed by atoms with E-state index in [1.54, 1.807) is 40.0 Å². The van der Waals surface area contributed by atoms with Gasteiger partial charge in [-0.2, -0.15) is 0 Å². The van der Waals surface area contributed by atoms with Crippen molar-refractivity contribution in [2.75, 3.05) is 32.0 Å².